The molecule has 9 heteroatoms. The number of nitrogens with one attached hydrogen (secondary N) is 2. The van der Waals surface area contributed by atoms with Gasteiger partial charge < -0.3 is 9.84 Å². The number of anilines is 2. The number of benzene rings is 1. The summed E-state index contributed by atoms with van der Waals surface area (Å²) in [5.74, 6) is 0.473. The van der Waals surface area contributed by atoms with Crippen molar-refractivity contribution in [2.45, 2.75) is 44.7 Å². The van der Waals surface area contributed by atoms with Crippen molar-refractivity contribution in [2.75, 3.05) is 10.0 Å². The molecule has 0 saturated heterocycles. The van der Waals surface area contributed by atoms with E-state index in [1.54, 1.807) is 31.2 Å². The first kappa shape index (κ1) is 22.3. The van der Waals surface area contributed by atoms with Gasteiger partial charge in [0.05, 0.1) is 5.69 Å². The van der Waals surface area contributed by atoms with Crippen molar-refractivity contribution >= 4 is 50.8 Å². The summed E-state index contributed by atoms with van der Waals surface area (Å²) in [4.78, 5) is 12.8. The molecule has 2 N–H and O–H groups in total. The average Bonchev–Trinajstić information content (AvgIpc) is 3.37. The number of carbonyl (C=O) groups is 1. The fourth-order valence-electron chi connectivity index (χ4n) is 3.48. The highest BCUT2D eigenvalue weighted by Gasteiger charge is 2.30. The molecule has 3 aromatic rings. The second kappa shape index (κ2) is 8.55. The van der Waals surface area contributed by atoms with Gasteiger partial charge >= 0.3 is 0 Å². The minimum atomic E-state index is -3.71. The molecule has 0 aliphatic heterocycles. The zero-order valence-corrected chi connectivity index (χ0v) is 20.0. The summed E-state index contributed by atoms with van der Waals surface area (Å²) in [6, 6.07) is 7.21. The standard InChI is InChI=1S/C23H25N3O4S2/c1-13-11-14(2)21(15(3)12-13)26-32(28,29)20-10-8-18(31-20)7-9-19-22(16(4)25-30-19)24-23(27)17-5-6-17/h7-12,17,26H,5-6H2,1-4H3,(H,24,27). The van der Waals surface area contributed by atoms with Crippen LogP contribution >= 0.6 is 11.3 Å². The lowest BCUT2D eigenvalue weighted by atomic mass is 10.1. The fourth-order valence-corrected chi connectivity index (χ4v) is 5.91. The van der Waals surface area contributed by atoms with Crippen LogP contribution < -0.4 is 10.0 Å². The molecule has 4 rings (SSSR count). The molecular weight excluding hydrogens is 446 g/mol. The molecule has 1 aliphatic carbocycles. The molecule has 1 fully saturated rings. The van der Waals surface area contributed by atoms with Gasteiger partial charge in [-0.2, -0.15) is 0 Å². The van der Waals surface area contributed by atoms with Gasteiger partial charge in [-0.25, -0.2) is 8.42 Å². The van der Waals surface area contributed by atoms with Gasteiger partial charge in [0.2, 0.25) is 5.91 Å². The van der Waals surface area contributed by atoms with Gasteiger partial charge in [-0.15, -0.1) is 11.3 Å². The van der Waals surface area contributed by atoms with E-state index in [0.29, 0.717) is 22.8 Å². The Bertz CT molecular complexity index is 1290. The molecule has 2 heterocycles. The maximum absolute atomic E-state index is 12.9. The normalized spacial score (nSPS) is 14.1. The number of nitrogens with zero attached hydrogens (tertiary/aromatic N) is 1. The molecule has 168 valence electrons. The van der Waals surface area contributed by atoms with Crippen molar-refractivity contribution in [3.05, 3.63) is 57.3 Å². The van der Waals surface area contributed by atoms with Gasteiger partial charge in [-0.05, 0) is 75.9 Å². The molecule has 1 aromatic carbocycles. The van der Waals surface area contributed by atoms with E-state index in [0.717, 1.165) is 45.7 Å². The Morgan fingerprint density at radius 3 is 2.44 bits per heavy atom. The molecule has 32 heavy (non-hydrogen) atoms. The Kier molecular flexibility index (Phi) is 5.96. The van der Waals surface area contributed by atoms with Gasteiger partial charge in [-0.3, -0.25) is 9.52 Å². The summed E-state index contributed by atoms with van der Waals surface area (Å²) in [6.45, 7) is 7.52. The third-order valence-corrected chi connectivity index (χ3v) is 8.16. The predicted octanol–water partition coefficient (Wildman–Crippen LogP) is 5.29. The topological polar surface area (TPSA) is 101 Å². The summed E-state index contributed by atoms with van der Waals surface area (Å²) in [6.07, 6.45) is 5.25. The van der Waals surface area contributed by atoms with Crippen LogP contribution in [0.2, 0.25) is 0 Å². The number of thiophene rings is 1. The van der Waals surface area contributed by atoms with Gasteiger partial charge in [0.1, 0.15) is 15.6 Å². The Labute approximate surface area is 191 Å². The zero-order chi connectivity index (χ0) is 23.0. The van der Waals surface area contributed by atoms with Crippen LogP contribution in [0.25, 0.3) is 12.2 Å². The maximum atomic E-state index is 12.9. The second-order valence-electron chi connectivity index (χ2n) is 8.14. The van der Waals surface area contributed by atoms with E-state index in [4.69, 9.17) is 4.52 Å². The number of sulfonamides is 1. The van der Waals surface area contributed by atoms with Crippen LogP contribution in [0, 0.1) is 33.6 Å². The summed E-state index contributed by atoms with van der Waals surface area (Å²) in [5.41, 5.74) is 4.60. The van der Waals surface area contributed by atoms with Gasteiger partial charge in [0.25, 0.3) is 10.0 Å². The summed E-state index contributed by atoms with van der Waals surface area (Å²) >= 11 is 1.15. The molecule has 0 atom stereocenters. The molecule has 1 amide bonds. The molecular formula is C23H25N3O4S2. The lowest BCUT2D eigenvalue weighted by molar-refractivity contribution is -0.117. The highest BCUT2D eigenvalue weighted by atomic mass is 32.2. The van der Waals surface area contributed by atoms with Crippen LogP contribution in [0.5, 0.6) is 0 Å². The first-order valence-electron chi connectivity index (χ1n) is 10.3. The molecule has 0 unspecified atom stereocenters. The van der Waals surface area contributed by atoms with Gasteiger partial charge in [0, 0.05) is 10.8 Å². The number of hydrogen-bond donors (Lipinski definition) is 2. The lowest BCUT2D eigenvalue weighted by Crippen LogP contribution is -2.14. The van der Waals surface area contributed by atoms with E-state index in [9.17, 15) is 13.2 Å². The van der Waals surface area contributed by atoms with Crippen LogP contribution in [-0.4, -0.2) is 19.5 Å². The number of amides is 1. The smallest absolute Gasteiger partial charge is 0.271 e. The van der Waals surface area contributed by atoms with E-state index in [2.05, 4.69) is 15.2 Å². The van der Waals surface area contributed by atoms with Crippen LogP contribution in [0.1, 0.15) is 45.9 Å². The van der Waals surface area contributed by atoms with Crippen molar-refractivity contribution < 1.29 is 17.7 Å². The Morgan fingerprint density at radius 2 is 1.78 bits per heavy atom. The SMILES string of the molecule is Cc1cc(C)c(NS(=O)(=O)c2ccc(C=Cc3onc(C)c3NC(=O)C3CC3)s2)c(C)c1. The molecule has 1 saturated carbocycles. The summed E-state index contributed by atoms with van der Waals surface area (Å²) in [5, 5.41) is 6.81. The monoisotopic (exact) mass is 471 g/mol. The van der Waals surface area contributed by atoms with Crippen LogP contribution in [0.4, 0.5) is 11.4 Å². The number of carbonyl (C=O) groups excluding carboxylic acids is 1. The Morgan fingerprint density at radius 1 is 1.09 bits per heavy atom. The predicted molar refractivity (Wildman–Crippen MR) is 127 cm³/mol. The van der Waals surface area contributed by atoms with Gasteiger partial charge in [0.15, 0.2) is 5.76 Å². The highest BCUT2D eigenvalue weighted by molar-refractivity contribution is 7.94. The maximum Gasteiger partial charge on any atom is 0.271 e. The fraction of sp³-hybridized carbons (Fsp3) is 0.304. The zero-order valence-electron chi connectivity index (χ0n) is 18.4. The van der Waals surface area contributed by atoms with E-state index in [1.807, 2.05) is 32.9 Å². The van der Waals surface area contributed by atoms with E-state index < -0.39 is 10.0 Å². The third-order valence-electron chi connectivity index (χ3n) is 5.26. The first-order chi connectivity index (χ1) is 15.1. The Hall–Kier alpha value is -2.91. The lowest BCUT2D eigenvalue weighted by Gasteiger charge is -2.13. The van der Waals surface area contributed by atoms with Crippen molar-refractivity contribution in [2.24, 2.45) is 5.92 Å². The number of aryl methyl sites for hydroxylation is 4. The number of hydrogen-bond acceptors (Lipinski definition) is 6. The quantitative estimate of drug-likeness (QED) is 0.488. The van der Waals surface area contributed by atoms with Crippen molar-refractivity contribution in [3.8, 4) is 0 Å². The van der Waals surface area contributed by atoms with Crippen molar-refractivity contribution in [1.29, 1.82) is 0 Å². The number of rotatable bonds is 7. The van der Waals surface area contributed by atoms with E-state index >= 15 is 0 Å². The molecule has 0 radical (unpaired) electrons. The highest BCUT2D eigenvalue weighted by Crippen LogP contribution is 2.33. The average molecular weight is 472 g/mol. The Balaban J connectivity index is 1.52. The van der Waals surface area contributed by atoms with Crippen LogP contribution in [-0.2, 0) is 14.8 Å². The largest absolute Gasteiger partial charge is 0.354 e. The van der Waals surface area contributed by atoms with Crippen LogP contribution in [0.3, 0.4) is 0 Å². The van der Waals surface area contributed by atoms with Crippen molar-refractivity contribution in [1.82, 2.24) is 5.16 Å². The van der Waals surface area contributed by atoms with E-state index in [-0.39, 0.29) is 16.0 Å². The molecule has 0 bridgehead atoms. The number of aromatic nitrogens is 1. The summed E-state index contributed by atoms with van der Waals surface area (Å²) < 4.78 is 34.1. The van der Waals surface area contributed by atoms with Gasteiger partial charge in [-0.1, -0.05) is 22.9 Å². The molecule has 1 aliphatic rings. The van der Waals surface area contributed by atoms with E-state index in [1.165, 1.54) is 0 Å². The third kappa shape index (κ3) is 4.78. The van der Waals surface area contributed by atoms with Crippen LogP contribution in [0.15, 0.2) is 33.0 Å². The molecule has 7 nitrogen and oxygen atoms in total. The molecule has 0 spiro atoms. The minimum absolute atomic E-state index is 0.0248. The minimum Gasteiger partial charge on any atom is -0.354 e. The second-order valence-corrected chi connectivity index (χ2v) is 11.2. The first-order valence-corrected chi connectivity index (χ1v) is 12.6. The molecule has 2 aromatic heterocycles. The summed E-state index contributed by atoms with van der Waals surface area (Å²) in [7, 11) is -3.71. The van der Waals surface area contributed by atoms with Crippen molar-refractivity contribution in [3.63, 3.8) is 0 Å².